The summed E-state index contributed by atoms with van der Waals surface area (Å²) in [4.78, 5) is 44.3. The lowest BCUT2D eigenvalue weighted by Crippen LogP contribution is -2.21. The number of hydrogen-bond acceptors (Lipinski definition) is 5. The molecule has 7 heteroatoms. The monoisotopic (exact) mass is 397 g/mol. The number of allylic oxidation sites excluding steroid dienone is 2. The van der Waals surface area contributed by atoms with Crippen LogP contribution in [0.15, 0.2) is 54.2 Å². The molecule has 4 N–H and O–H groups in total. The molecule has 2 aromatic heterocycles. The second-order valence-corrected chi connectivity index (χ2v) is 7.21. The molecule has 0 bridgehead atoms. The molecule has 1 aliphatic carbocycles. The Morgan fingerprint density at radius 1 is 1.10 bits per heavy atom. The fourth-order valence-electron chi connectivity index (χ4n) is 4.03. The Morgan fingerprint density at radius 2 is 1.87 bits per heavy atom. The second kappa shape index (κ2) is 6.12. The first kappa shape index (κ1) is 17.8. The first-order valence-electron chi connectivity index (χ1n) is 9.21. The predicted molar refractivity (Wildman–Crippen MR) is 112 cm³/mol. The number of ketones is 2. The number of pyridine rings is 1. The van der Waals surface area contributed by atoms with E-state index in [9.17, 15) is 19.5 Å². The maximum atomic E-state index is 12.5. The van der Waals surface area contributed by atoms with Gasteiger partial charge in [-0.3, -0.25) is 9.59 Å². The number of hydrogen-bond donors (Lipinski definition) is 3. The third kappa shape index (κ3) is 2.39. The number of carboxylic acid groups (broad SMARTS) is 1. The van der Waals surface area contributed by atoms with Crippen LogP contribution in [0, 0.1) is 6.92 Å². The van der Waals surface area contributed by atoms with E-state index in [2.05, 4.69) is 9.97 Å². The van der Waals surface area contributed by atoms with Crippen molar-refractivity contribution in [1.29, 1.82) is 0 Å². The van der Waals surface area contributed by atoms with Crippen molar-refractivity contribution >= 4 is 39.3 Å². The number of rotatable bonds is 2. The van der Waals surface area contributed by atoms with Crippen LogP contribution >= 0.6 is 0 Å². The summed E-state index contributed by atoms with van der Waals surface area (Å²) in [5, 5.41) is 11.4. The summed E-state index contributed by atoms with van der Waals surface area (Å²) in [5.74, 6) is -1.92. The fourth-order valence-corrected chi connectivity index (χ4v) is 4.03. The van der Waals surface area contributed by atoms with Gasteiger partial charge in [0.2, 0.25) is 5.78 Å². The molecule has 0 saturated heterocycles. The Kier molecular flexibility index (Phi) is 3.63. The number of nitrogens with zero attached hydrogens (tertiary/aromatic N) is 1. The Balaban J connectivity index is 1.86. The molecule has 0 atom stereocenters. The van der Waals surface area contributed by atoms with Crippen molar-refractivity contribution in [3.63, 3.8) is 0 Å². The first-order chi connectivity index (χ1) is 14.4. The lowest BCUT2D eigenvalue weighted by atomic mass is 9.90. The van der Waals surface area contributed by atoms with Crippen molar-refractivity contribution in [3.05, 3.63) is 76.6 Å². The molecule has 0 radical (unpaired) electrons. The van der Waals surface area contributed by atoms with Crippen molar-refractivity contribution in [3.8, 4) is 11.3 Å². The van der Waals surface area contributed by atoms with E-state index in [4.69, 9.17) is 5.73 Å². The van der Waals surface area contributed by atoms with E-state index in [-0.39, 0.29) is 28.3 Å². The molecule has 1 aliphatic rings. The van der Waals surface area contributed by atoms with Gasteiger partial charge in [0, 0.05) is 39.1 Å². The number of aryl methyl sites for hydroxylation is 1. The zero-order valence-electron chi connectivity index (χ0n) is 15.8. The van der Waals surface area contributed by atoms with Gasteiger partial charge in [0.25, 0.3) is 0 Å². The minimum Gasteiger partial charge on any atom is -0.477 e. The van der Waals surface area contributed by atoms with E-state index in [0.717, 1.165) is 22.4 Å². The van der Waals surface area contributed by atoms with Crippen LogP contribution in [-0.4, -0.2) is 32.6 Å². The third-order valence-electron chi connectivity index (χ3n) is 5.45. The topological polar surface area (TPSA) is 126 Å². The van der Waals surface area contributed by atoms with Crippen molar-refractivity contribution < 1.29 is 19.5 Å². The van der Waals surface area contributed by atoms with Gasteiger partial charge < -0.3 is 15.8 Å². The summed E-state index contributed by atoms with van der Waals surface area (Å²) in [7, 11) is 0. The molecule has 0 unspecified atom stereocenters. The summed E-state index contributed by atoms with van der Waals surface area (Å²) in [6.45, 7) is 1.73. The maximum Gasteiger partial charge on any atom is 0.354 e. The van der Waals surface area contributed by atoms with Crippen LogP contribution < -0.4 is 5.73 Å². The standard InChI is InChI=1S/C23H15N3O4/c1-10-18-13-4-2-3-5-16(13)25-21(18)20(26-19(10)23(29)30)11-6-7-12-14(8-11)22(28)15(24)9-17(12)27/h2-9,25H,24H2,1H3,(H,29,30). The van der Waals surface area contributed by atoms with Crippen LogP contribution in [0.1, 0.15) is 36.8 Å². The zero-order chi connectivity index (χ0) is 21.2. The van der Waals surface area contributed by atoms with Crippen molar-refractivity contribution in [2.45, 2.75) is 6.92 Å². The van der Waals surface area contributed by atoms with Gasteiger partial charge in [0.1, 0.15) is 0 Å². The van der Waals surface area contributed by atoms with E-state index >= 15 is 0 Å². The van der Waals surface area contributed by atoms with E-state index in [1.807, 2.05) is 24.3 Å². The van der Waals surface area contributed by atoms with Gasteiger partial charge in [0.05, 0.1) is 16.9 Å². The number of nitrogens with two attached hydrogens (primary N) is 1. The highest BCUT2D eigenvalue weighted by Gasteiger charge is 2.26. The summed E-state index contributed by atoms with van der Waals surface area (Å²) in [6.07, 6.45) is 1.12. The number of fused-ring (bicyclic) bond motifs is 4. The number of aromatic nitrogens is 2. The first-order valence-corrected chi connectivity index (χ1v) is 9.21. The predicted octanol–water partition coefficient (Wildman–Crippen LogP) is 3.61. The fraction of sp³-hybridized carbons (Fsp3) is 0.0435. The molecule has 0 saturated carbocycles. The molecule has 4 aromatic rings. The van der Waals surface area contributed by atoms with Gasteiger partial charge in [-0.15, -0.1) is 0 Å². The normalized spacial score (nSPS) is 13.6. The van der Waals surface area contributed by atoms with Crippen LogP contribution in [0.3, 0.4) is 0 Å². The minimum atomic E-state index is -1.14. The Hall–Kier alpha value is -4.26. The average molecular weight is 397 g/mol. The Morgan fingerprint density at radius 3 is 2.63 bits per heavy atom. The molecule has 5 rings (SSSR count). The van der Waals surface area contributed by atoms with E-state index in [1.54, 1.807) is 25.1 Å². The quantitative estimate of drug-likeness (QED) is 0.474. The zero-order valence-corrected chi connectivity index (χ0v) is 15.8. The smallest absolute Gasteiger partial charge is 0.354 e. The number of H-pyrrole nitrogens is 1. The number of para-hydroxylation sites is 1. The molecule has 30 heavy (non-hydrogen) atoms. The molecular formula is C23H15N3O4. The summed E-state index contributed by atoms with van der Waals surface area (Å²) in [6, 6.07) is 12.3. The lowest BCUT2D eigenvalue weighted by Gasteiger charge is -2.14. The molecule has 0 aliphatic heterocycles. The van der Waals surface area contributed by atoms with Crippen LogP contribution in [-0.2, 0) is 0 Å². The van der Waals surface area contributed by atoms with E-state index in [1.165, 1.54) is 0 Å². The highest BCUT2D eigenvalue weighted by atomic mass is 16.4. The highest BCUT2D eigenvalue weighted by Crippen LogP contribution is 2.36. The number of carbonyl (C=O) groups excluding carboxylic acids is 2. The largest absolute Gasteiger partial charge is 0.477 e. The van der Waals surface area contributed by atoms with Crippen LogP contribution in [0.2, 0.25) is 0 Å². The highest BCUT2D eigenvalue weighted by molar-refractivity contribution is 6.24. The second-order valence-electron chi connectivity index (χ2n) is 7.21. The summed E-state index contributed by atoms with van der Waals surface area (Å²) < 4.78 is 0. The maximum absolute atomic E-state index is 12.5. The molecule has 0 fully saturated rings. The SMILES string of the molecule is Cc1c(C(=O)O)nc(-c2ccc3c(c2)C(=O)C(N)=CC3=O)c2[nH]c3ccccc3c12. The van der Waals surface area contributed by atoms with Crippen LogP contribution in [0.4, 0.5) is 0 Å². The van der Waals surface area contributed by atoms with E-state index in [0.29, 0.717) is 22.3 Å². The van der Waals surface area contributed by atoms with Gasteiger partial charge in [-0.1, -0.05) is 24.3 Å². The van der Waals surface area contributed by atoms with Crippen molar-refractivity contribution in [2.75, 3.05) is 0 Å². The Labute approximate surface area is 169 Å². The van der Waals surface area contributed by atoms with E-state index < -0.39 is 11.8 Å². The van der Waals surface area contributed by atoms with Gasteiger partial charge >= 0.3 is 5.97 Å². The van der Waals surface area contributed by atoms with Gasteiger partial charge in [-0.2, -0.15) is 0 Å². The number of aromatic amines is 1. The molecule has 0 spiro atoms. The van der Waals surface area contributed by atoms with Gasteiger partial charge in [-0.05, 0) is 30.7 Å². The van der Waals surface area contributed by atoms with Gasteiger partial charge in [-0.25, -0.2) is 9.78 Å². The molecule has 146 valence electrons. The van der Waals surface area contributed by atoms with Gasteiger partial charge in [0.15, 0.2) is 11.5 Å². The lowest BCUT2D eigenvalue weighted by molar-refractivity contribution is 0.0689. The number of benzene rings is 2. The number of Topliss-reactive ketones (excluding diaryl/α,β-unsaturated/α-hetero) is 1. The van der Waals surface area contributed by atoms with Crippen molar-refractivity contribution in [1.82, 2.24) is 9.97 Å². The molecule has 2 heterocycles. The number of aromatic carboxylic acids is 1. The minimum absolute atomic E-state index is 0.0678. The molecular weight excluding hydrogens is 382 g/mol. The van der Waals surface area contributed by atoms with Crippen molar-refractivity contribution in [2.24, 2.45) is 5.73 Å². The number of carboxylic acids is 1. The summed E-state index contributed by atoms with van der Waals surface area (Å²) in [5.41, 5.74) is 8.91. The molecule has 0 amide bonds. The number of nitrogens with one attached hydrogen (secondary N) is 1. The van der Waals surface area contributed by atoms with Crippen LogP contribution in [0.5, 0.6) is 0 Å². The average Bonchev–Trinajstić information content (AvgIpc) is 3.12. The number of carbonyl (C=O) groups is 3. The Bertz CT molecular complexity index is 1480. The summed E-state index contributed by atoms with van der Waals surface area (Å²) >= 11 is 0. The molecule has 7 nitrogen and oxygen atoms in total. The van der Waals surface area contributed by atoms with Crippen LogP contribution in [0.25, 0.3) is 33.1 Å². The third-order valence-corrected chi connectivity index (χ3v) is 5.45. The molecule has 2 aromatic carbocycles.